The van der Waals surface area contributed by atoms with E-state index in [1.54, 1.807) is 6.33 Å². The number of imidazole rings is 1. The molecule has 0 amide bonds. The van der Waals surface area contributed by atoms with E-state index in [4.69, 9.17) is 4.98 Å². The van der Waals surface area contributed by atoms with Crippen molar-refractivity contribution in [2.75, 3.05) is 0 Å². The van der Waals surface area contributed by atoms with Crippen molar-refractivity contribution in [2.45, 2.75) is 13.5 Å². The molecule has 0 aliphatic rings. The van der Waals surface area contributed by atoms with Crippen molar-refractivity contribution in [3.05, 3.63) is 89.6 Å². The van der Waals surface area contributed by atoms with Gasteiger partial charge in [0.05, 0.1) is 12.2 Å². The highest BCUT2D eigenvalue weighted by atomic mass is 15.1. The summed E-state index contributed by atoms with van der Waals surface area (Å²) in [6.07, 6.45) is 5.65. The van der Waals surface area contributed by atoms with Crippen LogP contribution < -0.4 is 0 Å². The van der Waals surface area contributed by atoms with E-state index in [0.717, 1.165) is 34.8 Å². The molecule has 0 radical (unpaired) electrons. The molecule has 0 spiro atoms. The predicted octanol–water partition coefficient (Wildman–Crippen LogP) is 4.35. The Bertz CT molecular complexity index is 1020. The lowest BCUT2D eigenvalue weighted by Gasteiger charge is -2.06. The van der Waals surface area contributed by atoms with E-state index >= 15 is 0 Å². The van der Waals surface area contributed by atoms with Gasteiger partial charge < -0.3 is 4.57 Å². The van der Waals surface area contributed by atoms with Crippen LogP contribution in [0.25, 0.3) is 23.3 Å². The van der Waals surface area contributed by atoms with Crippen LogP contribution in [0.3, 0.4) is 0 Å². The van der Waals surface area contributed by atoms with Crippen LogP contribution in [-0.2, 0) is 6.54 Å². The SMILES string of the molecule is Cc1nc2c(/C=C/c3ccccc3)ncnc2n1Cc1ccccc1. The molecule has 0 aliphatic heterocycles. The molecule has 0 saturated carbocycles. The monoisotopic (exact) mass is 326 g/mol. The van der Waals surface area contributed by atoms with Gasteiger partial charge in [-0.3, -0.25) is 0 Å². The molecule has 2 aromatic heterocycles. The maximum Gasteiger partial charge on any atom is 0.164 e. The van der Waals surface area contributed by atoms with Crippen molar-refractivity contribution >= 4 is 23.3 Å². The van der Waals surface area contributed by atoms with Crippen LogP contribution in [0.2, 0.25) is 0 Å². The van der Waals surface area contributed by atoms with E-state index in [-0.39, 0.29) is 0 Å². The third-order valence-electron chi connectivity index (χ3n) is 4.17. The minimum Gasteiger partial charge on any atom is -0.308 e. The normalized spacial score (nSPS) is 11.4. The predicted molar refractivity (Wildman–Crippen MR) is 101 cm³/mol. The molecule has 0 unspecified atom stereocenters. The van der Waals surface area contributed by atoms with E-state index in [9.17, 15) is 0 Å². The van der Waals surface area contributed by atoms with Crippen LogP contribution in [0, 0.1) is 6.92 Å². The van der Waals surface area contributed by atoms with Gasteiger partial charge in [-0.1, -0.05) is 66.7 Å². The maximum absolute atomic E-state index is 4.71. The Balaban J connectivity index is 1.73. The lowest BCUT2D eigenvalue weighted by molar-refractivity contribution is 0.777. The molecule has 0 atom stereocenters. The van der Waals surface area contributed by atoms with Crippen molar-refractivity contribution in [1.82, 2.24) is 19.5 Å². The van der Waals surface area contributed by atoms with E-state index in [1.807, 2.05) is 55.5 Å². The van der Waals surface area contributed by atoms with Gasteiger partial charge in [-0.2, -0.15) is 0 Å². The van der Waals surface area contributed by atoms with Crippen LogP contribution in [0.15, 0.2) is 67.0 Å². The van der Waals surface area contributed by atoms with Gasteiger partial charge in [-0.15, -0.1) is 0 Å². The minimum atomic E-state index is 0.752. The summed E-state index contributed by atoms with van der Waals surface area (Å²) < 4.78 is 2.13. The minimum absolute atomic E-state index is 0.752. The van der Waals surface area contributed by atoms with E-state index in [1.165, 1.54) is 5.56 Å². The molecule has 0 N–H and O–H groups in total. The van der Waals surface area contributed by atoms with Crippen LogP contribution >= 0.6 is 0 Å². The number of hydrogen-bond acceptors (Lipinski definition) is 3. The number of rotatable bonds is 4. The highest BCUT2D eigenvalue weighted by molar-refractivity contribution is 5.84. The molecule has 0 bridgehead atoms. The molecule has 0 saturated heterocycles. The van der Waals surface area contributed by atoms with Gasteiger partial charge in [0.2, 0.25) is 0 Å². The van der Waals surface area contributed by atoms with Crippen LogP contribution in [0.1, 0.15) is 22.6 Å². The summed E-state index contributed by atoms with van der Waals surface area (Å²) in [5.41, 5.74) is 4.90. The number of hydrogen-bond donors (Lipinski definition) is 0. The standard InChI is InChI=1S/C21H18N4/c1-16-24-20-19(13-12-17-8-4-2-5-9-17)22-15-23-21(20)25(16)14-18-10-6-3-7-11-18/h2-13,15H,14H2,1H3/b13-12+. The average molecular weight is 326 g/mol. The van der Waals surface area contributed by atoms with Gasteiger partial charge in [0.1, 0.15) is 17.7 Å². The Hall–Kier alpha value is -3.27. The molecule has 2 heterocycles. The first-order valence-corrected chi connectivity index (χ1v) is 8.26. The van der Waals surface area contributed by atoms with Crippen LogP contribution in [0.4, 0.5) is 0 Å². The van der Waals surface area contributed by atoms with E-state index in [2.05, 4.69) is 38.8 Å². The fourth-order valence-corrected chi connectivity index (χ4v) is 2.88. The van der Waals surface area contributed by atoms with E-state index in [0.29, 0.717) is 0 Å². The van der Waals surface area contributed by atoms with Crippen molar-refractivity contribution in [1.29, 1.82) is 0 Å². The highest BCUT2D eigenvalue weighted by Gasteiger charge is 2.12. The van der Waals surface area contributed by atoms with Gasteiger partial charge in [-0.25, -0.2) is 15.0 Å². The molecular weight excluding hydrogens is 308 g/mol. The summed E-state index contributed by atoms with van der Waals surface area (Å²) in [4.78, 5) is 13.6. The number of benzene rings is 2. The second-order valence-electron chi connectivity index (χ2n) is 5.91. The average Bonchev–Trinajstić information content (AvgIpc) is 2.98. The maximum atomic E-state index is 4.71. The van der Waals surface area contributed by atoms with Crippen molar-refractivity contribution in [3.8, 4) is 0 Å². The summed E-state index contributed by atoms with van der Waals surface area (Å²) in [6.45, 7) is 2.76. The van der Waals surface area contributed by atoms with Crippen LogP contribution in [0.5, 0.6) is 0 Å². The van der Waals surface area contributed by atoms with Gasteiger partial charge in [0.15, 0.2) is 5.65 Å². The molecule has 4 nitrogen and oxygen atoms in total. The molecule has 4 heteroatoms. The first kappa shape index (κ1) is 15.3. The smallest absolute Gasteiger partial charge is 0.164 e. The van der Waals surface area contributed by atoms with Gasteiger partial charge in [0, 0.05) is 0 Å². The quantitative estimate of drug-likeness (QED) is 0.560. The Morgan fingerprint density at radius 1 is 0.880 bits per heavy atom. The van der Waals surface area contributed by atoms with Gasteiger partial charge in [0.25, 0.3) is 0 Å². The highest BCUT2D eigenvalue weighted by Crippen LogP contribution is 2.19. The summed E-state index contributed by atoms with van der Waals surface area (Å²) in [7, 11) is 0. The third kappa shape index (κ3) is 3.19. The first-order valence-electron chi connectivity index (χ1n) is 8.26. The fraction of sp³-hybridized carbons (Fsp3) is 0.0952. The van der Waals surface area contributed by atoms with Gasteiger partial charge in [-0.05, 0) is 24.1 Å². The summed E-state index contributed by atoms with van der Waals surface area (Å²) in [5, 5.41) is 0. The Morgan fingerprint density at radius 2 is 1.60 bits per heavy atom. The Kier molecular flexibility index (Phi) is 4.09. The summed E-state index contributed by atoms with van der Waals surface area (Å²) in [6, 6.07) is 20.5. The molecular formula is C21H18N4. The molecule has 2 aromatic carbocycles. The first-order chi connectivity index (χ1) is 12.3. The zero-order valence-corrected chi connectivity index (χ0v) is 14.0. The fourth-order valence-electron chi connectivity index (χ4n) is 2.88. The molecule has 122 valence electrons. The molecule has 4 aromatic rings. The molecule has 0 fully saturated rings. The third-order valence-corrected chi connectivity index (χ3v) is 4.17. The lowest BCUT2D eigenvalue weighted by Crippen LogP contribution is -2.03. The molecule has 25 heavy (non-hydrogen) atoms. The Morgan fingerprint density at radius 3 is 2.36 bits per heavy atom. The van der Waals surface area contributed by atoms with Gasteiger partial charge >= 0.3 is 0 Å². The van der Waals surface area contributed by atoms with Crippen molar-refractivity contribution < 1.29 is 0 Å². The second-order valence-corrected chi connectivity index (χ2v) is 5.91. The zero-order valence-electron chi connectivity index (χ0n) is 14.0. The molecule has 0 aliphatic carbocycles. The largest absolute Gasteiger partial charge is 0.308 e. The van der Waals surface area contributed by atoms with Crippen molar-refractivity contribution in [3.63, 3.8) is 0 Å². The van der Waals surface area contributed by atoms with E-state index < -0.39 is 0 Å². The summed E-state index contributed by atoms with van der Waals surface area (Å²) in [5.74, 6) is 0.939. The number of aromatic nitrogens is 4. The Labute approximate surface area is 146 Å². The second kappa shape index (κ2) is 6.69. The number of aryl methyl sites for hydroxylation is 1. The lowest BCUT2D eigenvalue weighted by atomic mass is 10.2. The van der Waals surface area contributed by atoms with Crippen LogP contribution in [-0.4, -0.2) is 19.5 Å². The molecule has 4 rings (SSSR count). The zero-order chi connectivity index (χ0) is 17.1. The number of fused-ring (bicyclic) bond motifs is 1. The van der Waals surface area contributed by atoms with Crippen molar-refractivity contribution in [2.24, 2.45) is 0 Å². The summed E-state index contributed by atoms with van der Waals surface area (Å²) >= 11 is 0. The number of nitrogens with zero attached hydrogens (tertiary/aromatic N) is 4. The topological polar surface area (TPSA) is 43.6 Å².